The second-order valence-corrected chi connectivity index (χ2v) is 14.2. The molecule has 6 heterocycles. The smallest absolute Gasteiger partial charge is 0.352 e. The molecule has 0 unspecified atom stereocenters. The number of aliphatic carboxylic acids is 1. The van der Waals surface area contributed by atoms with Crippen LogP contribution in [0.5, 0.6) is 0 Å². The monoisotopic (exact) mass is 666 g/mol. The Labute approximate surface area is 263 Å². The minimum atomic E-state index is -1.18. The van der Waals surface area contributed by atoms with E-state index in [2.05, 4.69) is 25.8 Å². The molecule has 0 spiro atoms. The number of thiazole rings is 1. The zero-order valence-corrected chi connectivity index (χ0v) is 26.5. The summed E-state index contributed by atoms with van der Waals surface area (Å²) in [6.45, 7) is 1.36. The number of anilines is 1. The molecule has 0 aromatic carbocycles. The van der Waals surface area contributed by atoms with Gasteiger partial charge in [0.05, 0.1) is 30.5 Å². The van der Waals surface area contributed by atoms with Crippen molar-refractivity contribution in [2.24, 2.45) is 0 Å². The average Bonchev–Trinajstić information content (AvgIpc) is 3.60. The van der Waals surface area contributed by atoms with Gasteiger partial charge in [-0.2, -0.15) is 0 Å². The standard InChI is InChI=1S/C18H23N9O4S3.C6H7NOS/c1-25(2)3-4-26-18(22-23-24-26)34-7-9-6-32-15-12(14(29)27(15)13(9)16(30)31)21-11(28)5-10-8-33-17(19)20-10;8-5-4-6-7(5)2-1-3-9-6/h8,12,15H,3-7H2,1-2H3,(H2,19,20)(H,21,28)(H,30,31);1-2,6H,3-4H2/t12-,15-;6-/m11/s1. The zero-order valence-electron chi connectivity index (χ0n) is 23.3. The first kappa shape index (κ1) is 31.3. The third kappa shape index (κ3) is 7.17. The molecule has 4 aliphatic rings. The van der Waals surface area contributed by atoms with Crippen molar-refractivity contribution < 1.29 is 24.3 Å². The number of fused-ring (bicyclic) bond motifs is 2. The third-order valence-corrected chi connectivity index (χ3v) is 11.0. The molecule has 2 aromatic rings. The van der Waals surface area contributed by atoms with Crippen LogP contribution in [0.1, 0.15) is 12.1 Å². The number of nitrogens with zero attached hydrogens (tertiary/aromatic N) is 8. The van der Waals surface area contributed by atoms with Gasteiger partial charge >= 0.3 is 5.97 Å². The van der Waals surface area contributed by atoms with Crippen LogP contribution in [0, 0.1) is 0 Å². The lowest BCUT2D eigenvalue weighted by molar-refractivity contribution is -0.150. The molecule has 0 aliphatic carbocycles. The SMILES string of the molecule is CN(C)CCn1nnnc1SCC1=C(C(=O)O)N2C(=O)[C@@H](NC(=O)Cc3csc(N)n3)[C@H]2SC1.O=C1C[C@H]2SCC=CN12. The van der Waals surface area contributed by atoms with Crippen molar-refractivity contribution in [2.75, 3.05) is 43.6 Å². The summed E-state index contributed by atoms with van der Waals surface area (Å²) in [5.41, 5.74) is 6.68. The number of carbonyl (C=O) groups excluding carboxylic acids is 3. The molecule has 19 heteroatoms. The van der Waals surface area contributed by atoms with E-state index in [1.807, 2.05) is 43.0 Å². The predicted molar refractivity (Wildman–Crippen MR) is 164 cm³/mol. The molecule has 2 fully saturated rings. The Hall–Kier alpha value is -3.13. The van der Waals surface area contributed by atoms with E-state index in [4.69, 9.17) is 5.73 Å². The van der Waals surface area contributed by atoms with E-state index >= 15 is 0 Å². The zero-order chi connectivity index (χ0) is 30.7. The molecule has 4 aliphatic heterocycles. The number of rotatable bonds is 10. The number of hydrogen-bond acceptors (Lipinski definition) is 14. The van der Waals surface area contributed by atoms with E-state index in [1.165, 1.54) is 39.8 Å². The number of β-lactam (4-membered cyclic amide) rings is 2. The Morgan fingerprint density at radius 1 is 1.28 bits per heavy atom. The molecule has 15 nitrogen and oxygen atoms in total. The van der Waals surface area contributed by atoms with Gasteiger partial charge in [0.1, 0.15) is 17.1 Å². The van der Waals surface area contributed by atoms with E-state index in [0.29, 0.717) is 45.0 Å². The molecule has 2 aromatic heterocycles. The number of carbonyl (C=O) groups is 4. The molecule has 0 saturated carbocycles. The summed E-state index contributed by atoms with van der Waals surface area (Å²) >= 11 is 5.81. The van der Waals surface area contributed by atoms with Crippen molar-refractivity contribution in [3.05, 3.63) is 34.6 Å². The Morgan fingerprint density at radius 3 is 2.74 bits per heavy atom. The Bertz CT molecular complexity index is 1460. The maximum absolute atomic E-state index is 12.8. The molecule has 0 bridgehead atoms. The molecule has 3 amide bonds. The van der Waals surface area contributed by atoms with Crippen LogP contribution in [-0.2, 0) is 32.1 Å². The highest BCUT2D eigenvalue weighted by molar-refractivity contribution is 8.01. The number of hydrogen-bond donors (Lipinski definition) is 3. The van der Waals surface area contributed by atoms with Crippen molar-refractivity contribution in [1.29, 1.82) is 0 Å². The van der Waals surface area contributed by atoms with Gasteiger partial charge in [-0.3, -0.25) is 19.3 Å². The lowest BCUT2D eigenvalue weighted by Crippen LogP contribution is -2.70. The third-order valence-electron chi connectivity index (χ3n) is 6.71. The second-order valence-electron chi connectivity index (χ2n) is 10.0. The average molecular weight is 667 g/mol. The normalized spacial score (nSPS) is 22.3. The van der Waals surface area contributed by atoms with E-state index in [1.54, 1.807) is 15.0 Å². The molecule has 3 atom stereocenters. The minimum Gasteiger partial charge on any atom is -0.477 e. The van der Waals surface area contributed by atoms with E-state index in [0.717, 1.165) is 18.7 Å². The summed E-state index contributed by atoms with van der Waals surface area (Å²) in [5, 5.41) is 26.9. The van der Waals surface area contributed by atoms with Crippen LogP contribution >= 0.6 is 46.6 Å². The summed E-state index contributed by atoms with van der Waals surface area (Å²) in [4.78, 5) is 57.1. The van der Waals surface area contributed by atoms with Gasteiger partial charge in [-0.05, 0) is 30.1 Å². The predicted octanol–water partition coefficient (Wildman–Crippen LogP) is 0.152. The van der Waals surface area contributed by atoms with Crippen LogP contribution in [-0.4, -0.2) is 123 Å². The first-order valence-electron chi connectivity index (χ1n) is 13.1. The van der Waals surface area contributed by atoms with E-state index in [-0.39, 0.29) is 23.9 Å². The van der Waals surface area contributed by atoms with Gasteiger partial charge in [-0.1, -0.05) is 17.8 Å². The van der Waals surface area contributed by atoms with Gasteiger partial charge in [-0.15, -0.1) is 40.0 Å². The fourth-order valence-corrected chi connectivity index (χ4v) is 8.50. The second kappa shape index (κ2) is 13.7. The van der Waals surface area contributed by atoms with Gasteiger partial charge in [0.2, 0.25) is 17.0 Å². The Morgan fingerprint density at radius 2 is 2.09 bits per heavy atom. The van der Waals surface area contributed by atoms with Gasteiger partial charge in [0, 0.05) is 35.4 Å². The van der Waals surface area contributed by atoms with Gasteiger partial charge in [-0.25, -0.2) is 14.5 Å². The molecule has 2 saturated heterocycles. The van der Waals surface area contributed by atoms with Crippen molar-refractivity contribution in [1.82, 2.24) is 45.2 Å². The lowest BCUT2D eigenvalue weighted by atomic mass is 10.0. The maximum atomic E-state index is 12.8. The van der Waals surface area contributed by atoms with Gasteiger partial charge in [0.25, 0.3) is 5.91 Å². The highest BCUT2D eigenvalue weighted by atomic mass is 32.2. The molecule has 4 N–H and O–H groups in total. The van der Waals surface area contributed by atoms with Crippen LogP contribution in [0.25, 0.3) is 0 Å². The number of amides is 3. The molecule has 43 heavy (non-hydrogen) atoms. The van der Waals surface area contributed by atoms with E-state index < -0.39 is 23.3 Å². The number of tetrazole rings is 1. The van der Waals surface area contributed by atoms with Crippen molar-refractivity contribution in [3.63, 3.8) is 0 Å². The molecular formula is C24H30N10O5S4. The van der Waals surface area contributed by atoms with Crippen LogP contribution in [0.4, 0.5) is 5.13 Å². The highest BCUT2D eigenvalue weighted by Gasteiger charge is 2.54. The molecule has 230 valence electrons. The minimum absolute atomic E-state index is 0.000917. The van der Waals surface area contributed by atoms with E-state index in [9.17, 15) is 24.3 Å². The number of aromatic nitrogens is 5. The summed E-state index contributed by atoms with van der Waals surface area (Å²) < 4.78 is 1.67. The summed E-state index contributed by atoms with van der Waals surface area (Å²) in [6.07, 6.45) is 4.67. The van der Waals surface area contributed by atoms with Crippen molar-refractivity contribution in [3.8, 4) is 0 Å². The van der Waals surface area contributed by atoms with Crippen LogP contribution in [0.3, 0.4) is 0 Å². The summed E-state index contributed by atoms with van der Waals surface area (Å²) in [5.74, 6) is 0.0870. The summed E-state index contributed by atoms with van der Waals surface area (Å²) in [6, 6.07) is -0.782. The molecule has 0 radical (unpaired) electrons. The van der Waals surface area contributed by atoms with Crippen molar-refractivity contribution in [2.45, 2.75) is 41.3 Å². The number of thioether (sulfide) groups is 3. The highest BCUT2D eigenvalue weighted by Crippen LogP contribution is 2.41. The fraction of sp³-hybridized carbons (Fsp3) is 0.500. The Kier molecular flexibility index (Phi) is 9.95. The first-order chi connectivity index (χ1) is 20.6. The van der Waals surface area contributed by atoms with Crippen LogP contribution in [0.2, 0.25) is 0 Å². The molecular weight excluding hydrogens is 637 g/mol. The largest absolute Gasteiger partial charge is 0.477 e. The number of likely N-dealkylation sites (N-methyl/N-ethyl adjacent to an activating group) is 1. The first-order valence-corrected chi connectivity index (χ1v) is 17.1. The quantitative estimate of drug-likeness (QED) is 0.229. The van der Waals surface area contributed by atoms with Crippen LogP contribution in [0.15, 0.2) is 34.1 Å². The molecule has 6 rings (SSSR count). The number of carboxylic acids is 1. The number of carboxylic acid groups (broad SMARTS) is 1. The number of nitrogen functional groups attached to an aromatic ring is 1. The number of nitrogens with one attached hydrogen (secondary N) is 1. The lowest BCUT2D eigenvalue weighted by Gasteiger charge is -2.49. The fourth-order valence-electron chi connectivity index (χ4n) is 4.52. The van der Waals surface area contributed by atoms with Gasteiger partial charge < -0.3 is 26.0 Å². The van der Waals surface area contributed by atoms with Crippen molar-refractivity contribution >= 4 is 75.4 Å². The summed E-state index contributed by atoms with van der Waals surface area (Å²) in [7, 11) is 3.90. The number of nitrogens with two attached hydrogens (primary N) is 1. The maximum Gasteiger partial charge on any atom is 0.352 e. The van der Waals surface area contributed by atoms with Gasteiger partial charge in [0.15, 0.2) is 5.13 Å². The topological polar surface area (TPSA) is 193 Å². The Balaban J connectivity index is 0.000000345. The van der Waals surface area contributed by atoms with Crippen LogP contribution < -0.4 is 11.1 Å².